The average Bonchev–Trinajstić information content (AvgIpc) is 3.32. The van der Waals surface area contributed by atoms with Crippen molar-refractivity contribution in [3.63, 3.8) is 0 Å². The number of rotatable bonds is 8. The second-order valence-electron chi connectivity index (χ2n) is 7.80. The summed E-state index contributed by atoms with van der Waals surface area (Å²) in [5, 5.41) is 7.18. The van der Waals surface area contributed by atoms with Gasteiger partial charge in [-0.3, -0.25) is 9.59 Å². The minimum atomic E-state index is -0.854. The Bertz CT molecular complexity index is 1270. The summed E-state index contributed by atoms with van der Waals surface area (Å²) < 4.78 is 10.5. The van der Waals surface area contributed by atoms with Gasteiger partial charge in [-0.2, -0.15) is 5.10 Å². The molecule has 35 heavy (non-hydrogen) atoms. The molecule has 1 aromatic heterocycles. The predicted molar refractivity (Wildman–Crippen MR) is 134 cm³/mol. The molecule has 0 aliphatic rings. The van der Waals surface area contributed by atoms with Gasteiger partial charge < -0.3 is 14.5 Å². The molecule has 1 heterocycles. The summed E-state index contributed by atoms with van der Waals surface area (Å²) in [6.07, 6.45) is 1.32. The highest BCUT2D eigenvalue weighted by Crippen LogP contribution is 2.26. The van der Waals surface area contributed by atoms with Crippen LogP contribution in [0.15, 0.2) is 64.1 Å². The molecular weight excluding hydrogens is 493 g/mol. The van der Waals surface area contributed by atoms with Crippen LogP contribution in [0.1, 0.15) is 40.3 Å². The van der Waals surface area contributed by atoms with Gasteiger partial charge in [0.15, 0.2) is 0 Å². The summed E-state index contributed by atoms with van der Waals surface area (Å²) in [4.78, 5) is 37.3. The number of hydrazone groups is 1. The normalized spacial score (nSPS) is 11.9. The first-order chi connectivity index (χ1) is 16.7. The Balaban J connectivity index is 1.67. The topological polar surface area (TPSA) is 110 Å². The maximum Gasteiger partial charge on any atom is 0.338 e. The SMILES string of the molecule is COC(=O)c1ccccc1-c1ccc(C=NNC(=O)C(NC(=O)c2ccc(Cl)c(Cl)c2)C(C)C)o1. The van der Waals surface area contributed by atoms with Crippen molar-refractivity contribution in [2.75, 3.05) is 7.11 Å². The number of ether oxygens (including phenoxy) is 1. The van der Waals surface area contributed by atoms with Crippen LogP contribution in [-0.4, -0.2) is 37.1 Å². The van der Waals surface area contributed by atoms with Gasteiger partial charge in [-0.15, -0.1) is 0 Å². The van der Waals surface area contributed by atoms with Crippen LogP contribution in [0.2, 0.25) is 10.0 Å². The van der Waals surface area contributed by atoms with Gasteiger partial charge in [0.25, 0.3) is 11.8 Å². The monoisotopic (exact) mass is 515 g/mol. The van der Waals surface area contributed by atoms with E-state index in [4.69, 9.17) is 32.4 Å². The van der Waals surface area contributed by atoms with Gasteiger partial charge in [-0.25, -0.2) is 10.2 Å². The highest BCUT2D eigenvalue weighted by atomic mass is 35.5. The number of methoxy groups -OCH3 is 1. The van der Waals surface area contributed by atoms with E-state index in [1.54, 1.807) is 50.2 Å². The Hall–Kier alpha value is -3.62. The summed E-state index contributed by atoms with van der Waals surface area (Å²) in [6, 6.07) is 13.8. The van der Waals surface area contributed by atoms with Gasteiger partial charge in [0.1, 0.15) is 17.6 Å². The van der Waals surface area contributed by atoms with Crippen molar-refractivity contribution < 1.29 is 23.5 Å². The van der Waals surface area contributed by atoms with Crippen LogP contribution < -0.4 is 10.7 Å². The molecule has 2 aromatic carbocycles. The van der Waals surface area contributed by atoms with E-state index in [2.05, 4.69) is 15.8 Å². The molecule has 0 aliphatic carbocycles. The van der Waals surface area contributed by atoms with Gasteiger partial charge in [-0.05, 0) is 42.3 Å². The van der Waals surface area contributed by atoms with Crippen molar-refractivity contribution in [1.29, 1.82) is 0 Å². The van der Waals surface area contributed by atoms with Crippen LogP contribution in [0, 0.1) is 5.92 Å². The van der Waals surface area contributed by atoms with Gasteiger partial charge in [0, 0.05) is 11.1 Å². The van der Waals surface area contributed by atoms with E-state index in [0.717, 1.165) is 0 Å². The largest absolute Gasteiger partial charge is 0.465 e. The number of esters is 1. The van der Waals surface area contributed by atoms with E-state index >= 15 is 0 Å². The third-order valence-corrected chi connectivity index (χ3v) is 5.75. The fourth-order valence-corrected chi connectivity index (χ4v) is 3.48. The van der Waals surface area contributed by atoms with Crippen molar-refractivity contribution in [2.24, 2.45) is 11.0 Å². The number of benzene rings is 2. The summed E-state index contributed by atoms with van der Waals surface area (Å²) in [5.41, 5.74) is 3.61. The van der Waals surface area contributed by atoms with Crippen LogP contribution in [-0.2, 0) is 9.53 Å². The maximum absolute atomic E-state index is 12.7. The van der Waals surface area contributed by atoms with E-state index in [1.165, 1.54) is 31.5 Å². The zero-order valence-corrected chi connectivity index (χ0v) is 20.7. The number of hydrogen-bond donors (Lipinski definition) is 2. The number of carbonyl (C=O) groups excluding carboxylic acids is 3. The summed E-state index contributed by atoms with van der Waals surface area (Å²) in [7, 11) is 1.31. The van der Waals surface area contributed by atoms with Crippen LogP contribution in [0.5, 0.6) is 0 Å². The molecule has 0 saturated heterocycles. The molecule has 0 fully saturated rings. The van der Waals surface area contributed by atoms with Crippen LogP contribution in [0.4, 0.5) is 0 Å². The minimum Gasteiger partial charge on any atom is -0.465 e. The highest BCUT2D eigenvalue weighted by Gasteiger charge is 2.25. The zero-order valence-electron chi connectivity index (χ0n) is 19.2. The number of halogens is 2. The average molecular weight is 516 g/mol. The standard InChI is InChI=1S/C25H23Cl2N3O5/c1-14(2)22(29-23(31)15-8-10-19(26)20(27)12-15)24(32)30-28-13-16-9-11-21(35-16)17-6-4-5-7-18(17)25(33)34-3/h4-14,22H,1-3H3,(H,29,31)(H,30,32). The first kappa shape index (κ1) is 26.0. The van der Waals surface area contributed by atoms with Crippen molar-refractivity contribution in [2.45, 2.75) is 19.9 Å². The number of hydrogen-bond acceptors (Lipinski definition) is 6. The molecular formula is C25H23Cl2N3O5. The lowest BCUT2D eigenvalue weighted by Gasteiger charge is -2.20. The second kappa shape index (κ2) is 11.7. The molecule has 182 valence electrons. The fourth-order valence-electron chi connectivity index (χ4n) is 3.18. The summed E-state index contributed by atoms with van der Waals surface area (Å²) in [5.74, 6) is -0.897. The van der Waals surface area contributed by atoms with Gasteiger partial charge in [0.2, 0.25) is 0 Å². The highest BCUT2D eigenvalue weighted by molar-refractivity contribution is 6.42. The summed E-state index contributed by atoms with van der Waals surface area (Å²) >= 11 is 11.9. The molecule has 2 amide bonds. The number of nitrogens with zero attached hydrogens (tertiary/aromatic N) is 1. The lowest BCUT2D eigenvalue weighted by atomic mass is 10.0. The molecule has 0 bridgehead atoms. The number of nitrogens with one attached hydrogen (secondary N) is 2. The van der Waals surface area contributed by atoms with Gasteiger partial charge in [0.05, 0.1) is 28.9 Å². The Morgan fingerprint density at radius 1 is 1.03 bits per heavy atom. The van der Waals surface area contributed by atoms with Gasteiger partial charge >= 0.3 is 5.97 Å². The molecule has 3 rings (SSSR count). The summed E-state index contributed by atoms with van der Waals surface area (Å²) in [6.45, 7) is 3.58. The lowest BCUT2D eigenvalue weighted by molar-refractivity contribution is -0.123. The molecule has 0 saturated carbocycles. The molecule has 0 spiro atoms. The molecule has 2 N–H and O–H groups in total. The van der Waals surface area contributed by atoms with Gasteiger partial charge in [-0.1, -0.05) is 55.2 Å². The lowest BCUT2D eigenvalue weighted by Crippen LogP contribution is -2.48. The van der Waals surface area contributed by atoms with E-state index in [9.17, 15) is 14.4 Å². The number of carbonyl (C=O) groups is 3. The number of furan rings is 1. The Morgan fingerprint density at radius 2 is 1.77 bits per heavy atom. The van der Waals surface area contributed by atoms with Crippen molar-refractivity contribution >= 4 is 47.2 Å². The molecule has 8 nitrogen and oxygen atoms in total. The Kier molecular flexibility index (Phi) is 8.68. The fraction of sp³-hybridized carbons (Fsp3) is 0.200. The molecule has 1 unspecified atom stereocenters. The van der Waals surface area contributed by atoms with Crippen LogP contribution in [0.3, 0.4) is 0 Å². The zero-order chi connectivity index (χ0) is 25.5. The number of amides is 2. The molecule has 3 aromatic rings. The Morgan fingerprint density at radius 3 is 2.46 bits per heavy atom. The molecule has 0 radical (unpaired) electrons. The van der Waals surface area contributed by atoms with Crippen molar-refractivity contribution in [3.8, 4) is 11.3 Å². The van der Waals surface area contributed by atoms with Crippen LogP contribution >= 0.6 is 23.2 Å². The second-order valence-corrected chi connectivity index (χ2v) is 8.61. The van der Waals surface area contributed by atoms with Crippen molar-refractivity contribution in [3.05, 3.63) is 81.5 Å². The third kappa shape index (κ3) is 6.49. The first-order valence-corrected chi connectivity index (χ1v) is 11.3. The van der Waals surface area contributed by atoms with E-state index < -0.39 is 23.8 Å². The smallest absolute Gasteiger partial charge is 0.338 e. The first-order valence-electron chi connectivity index (χ1n) is 10.6. The predicted octanol–water partition coefficient (Wildman–Crippen LogP) is 4.94. The Labute approximate surface area is 212 Å². The van der Waals surface area contributed by atoms with Crippen LogP contribution in [0.25, 0.3) is 11.3 Å². The van der Waals surface area contributed by atoms with E-state index in [0.29, 0.717) is 27.7 Å². The third-order valence-electron chi connectivity index (χ3n) is 5.01. The maximum atomic E-state index is 12.7. The van der Waals surface area contributed by atoms with Crippen molar-refractivity contribution in [1.82, 2.24) is 10.7 Å². The van der Waals surface area contributed by atoms with E-state index in [-0.39, 0.29) is 16.5 Å². The van der Waals surface area contributed by atoms with E-state index in [1.807, 2.05) is 0 Å². The molecule has 0 aliphatic heterocycles. The molecule has 10 heteroatoms. The minimum absolute atomic E-state index is 0.220. The quantitative estimate of drug-likeness (QED) is 0.250. The molecule has 1 atom stereocenters.